The van der Waals surface area contributed by atoms with Crippen molar-refractivity contribution in [2.45, 2.75) is 20.3 Å². The van der Waals surface area contributed by atoms with Crippen LogP contribution in [0.2, 0.25) is 0 Å². The molecule has 0 aliphatic heterocycles. The highest BCUT2D eigenvalue weighted by Gasteiger charge is 2.13. The van der Waals surface area contributed by atoms with Crippen LogP contribution in [0.4, 0.5) is 5.69 Å². The van der Waals surface area contributed by atoms with Crippen molar-refractivity contribution in [3.05, 3.63) is 50.7 Å². The lowest BCUT2D eigenvalue weighted by atomic mass is 10.2. The summed E-state index contributed by atoms with van der Waals surface area (Å²) in [5, 5.41) is 12.7. The maximum atomic E-state index is 11.9. The molecule has 0 aliphatic carbocycles. The third kappa shape index (κ3) is 2.86. The Balaban J connectivity index is 2.54. The fourth-order valence-electron chi connectivity index (χ4n) is 2.02. The molecule has 0 bridgehead atoms. The van der Waals surface area contributed by atoms with E-state index in [9.17, 15) is 19.5 Å². The Bertz CT molecular complexity index is 787. The summed E-state index contributed by atoms with van der Waals surface area (Å²) >= 11 is 0. The minimum atomic E-state index is -0.720. The molecule has 7 heteroatoms. The lowest BCUT2D eigenvalue weighted by molar-refractivity contribution is -0.114. The van der Waals surface area contributed by atoms with Gasteiger partial charge in [-0.05, 0) is 30.7 Å². The summed E-state index contributed by atoms with van der Waals surface area (Å²) in [5.41, 5.74) is -0.217. The Morgan fingerprint density at radius 2 is 1.90 bits per heavy atom. The third-order valence-corrected chi connectivity index (χ3v) is 2.98. The van der Waals surface area contributed by atoms with Gasteiger partial charge in [-0.3, -0.25) is 14.6 Å². The maximum Gasteiger partial charge on any atom is 0.335 e. The molecule has 1 heterocycles. The molecule has 0 saturated carbocycles. The van der Waals surface area contributed by atoms with E-state index in [1.807, 2.05) is 0 Å². The van der Waals surface area contributed by atoms with Crippen molar-refractivity contribution in [3.8, 4) is 11.6 Å². The molecule has 1 amide bonds. The van der Waals surface area contributed by atoms with Gasteiger partial charge in [0.25, 0.3) is 5.56 Å². The summed E-state index contributed by atoms with van der Waals surface area (Å²) in [7, 11) is 0. The van der Waals surface area contributed by atoms with E-state index < -0.39 is 11.2 Å². The van der Waals surface area contributed by atoms with Gasteiger partial charge in [-0.1, -0.05) is 6.92 Å². The monoisotopic (exact) mass is 289 g/mol. The van der Waals surface area contributed by atoms with Crippen LogP contribution in [0.3, 0.4) is 0 Å². The fourth-order valence-corrected chi connectivity index (χ4v) is 2.02. The zero-order valence-corrected chi connectivity index (χ0v) is 11.6. The van der Waals surface area contributed by atoms with E-state index >= 15 is 0 Å². The summed E-state index contributed by atoms with van der Waals surface area (Å²) in [4.78, 5) is 36.6. The van der Waals surface area contributed by atoms with Crippen LogP contribution in [-0.4, -0.2) is 20.6 Å². The van der Waals surface area contributed by atoms with Crippen LogP contribution in [0.15, 0.2) is 33.9 Å². The average Bonchev–Trinajstić information content (AvgIpc) is 2.40. The molecule has 0 saturated heterocycles. The molecule has 1 aromatic heterocycles. The van der Waals surface area contributed by atoms with E-state index in [0.29, 0.717) is 17.8 Å². The first kappa shape index (κ1) is 14.6. The first-order valence-electron chi connectivity index (χ1n) is 6.39. The second-order valence-corrected chi connectivity index (χ2v) is 4.48. The Hall–Kier alpha value is -2.83. The second-order valence-electron chi connectivity index (χ2n) is 4.48. The number of nitrogens with zero attached hydrogens (tertiary/aromatic N) is 1. The van der Waals surface area contributed by atoms with Gasteiger partial charge >= 0.3 is 5.69 Å². The third-order valence-electron chi connectivity index (χ3n) is 2.98. The number of benzene rings is 1. The van der Waals surface area contributed by atoms with Gasteiger partial charge in [0, 0.05) is 12.6 Å². The van der Waals surface area contributed by atoms with Gasteiger partial charge in [0.05, 0.1) is 11.3 Å². The molecule has 110 valence electrons. The van der Waals surface area contributed by atoms with Crippen molar-refractivity contribution >= 4 is 11.6 Å². The molecule has 1 aromatic carbocycles. The zero-order chi connectivity index (χ0) is 15.6. The minimum absolute atomic E-state index is 0.139. The summed E-state index contributed by atoms with van der Waals surface area (Å²) in [6, 6.07) is 6.31. The number of aromatic nitrogens is 2. The summed E-state index contributed by atoms with van der Waals surface area (Å²) in [5.74, 6) is -0.585. The summed E-state index contributed by atoms with van der Waals surface area (Å²) in [6.07, 6.45) is 0.297. The number of amides is 1. The molecule has 7 nitrogen and oxygen atoms in total. The number of carbonyl (C=O) groups excluding carboxylic acids is 1. The zero-order valence-electron chi connectivity index (χ0n) is 11.6. The number of H-pyrrole nitrogens is 1. The van der Waals surface area contributed by atoms with Gasteiger partial charge in [-0.25, -0.2) is 9.36 Å². The number of hydrogen-bond acceptors (Lipinski definition) is 4. The van der Waals surface area contributed by atoms with Crippen LogP contribution in [0.1, 0.15) is 19.4 Å². The number of carbonyl (C=O) groups is 1. The Kier molecular flexibility index (Phi) is 3.93. The van der Waals surface area contributed by atoms with Crippen LogP contribution in [-0.2, 0) is 11.2 Å². The van der Waals surface area contributed by atoms with Crippen molar-refractivity contribution in [2.75, 3.05) is 5.32 Å². The van der Waals surface area contributed by atoms with Crippen molar-refractivity contribution < 1.29 is 9.90 Å². The molecule has 0 radical (unpaired) electrons. The predicted octanol–water partition coefficient (Wildman–Crippen LogP) is 0.752. The topological polar surface area (TPSA) is 104 Å². The lowest BCUT2D eigenvalue weighted by Gasteiger charge is -2.11. The number of rotatable bonds is 3. The highest BCUT2D eigenvalue weighted by Crippen LogP contribution is 2.18. The molecule has 0 atom stereocenters. The molecular formula is C14H15N3O4. The van der Waals surface area contributed by atoms with Crippen LogP contribution >= 0.6 is 0 Å². The molecular weight excluding hydrogens is 274 g/mol. The van der Waals surface area contributed by atoms with Crippen molar-refractivity contribution in [3.63, 3.8) is 0 Å². The molecule has 0 fully saturated rings. The maximum absolute atomic E-state index is 11.9. The van der Waals surface area contributed by atoms with Crippen LogP contribution in [0.5, 0.6) is 5.88 Å². The highest BCUT2D eigenvalue weighted by molar-refractivity contribution is 5.88. The molecule has 2 rings (SSSR count). The van der Waals surface area contributed by atoms with E-state index in [1.165, 1.54) is 6.92 Å². The normalized spacial score (nSPS) is 10.4. The van der Waals surface area contributed by atoms with Crippen LogP contribution in [0.25, 0.3) is 5.69 Å². The van der Waals surface area contributed by atoms with E-state index in [4.69, 9.17) is 0 Å². The Morgan fingerprint density at radius 3 is 2.43 bits per heavy atom. The predicted molar refractivity (Wildman–Crippen MR) is 78.0 cm³/mol. The minimum Gasteiger partial charge on any atom is -0.494 e. The molecule has 0 unspecified atom stereocenters. The van der Waals surface area contributed by atoms with Gasteiger partial charge in [0.15, 0.2) is 0 Å². The molecule has 2 aromatic rings. The quantitative estimate of drug-likeness (QED) is 0.775. The smallest absolute Gasteiger partial charge is 0.335 e. The lowest BCUT2D eigenvalue weighted by Crippen LogP contribution is -2.31. The van der Waals surface area contributed by atoms with Gasteiger partial charge in [-0.2, -0.15) is 0 Å². The van der Waals surface area contributed by atoms with E-state index in [0.717, 1.165) is 4.57 Å². The standard InChI is InChI=1S/C14H15N3O4/c1-3-11-12(19)16-14(21)17(13(11)20)10-6-4-9(5-7-10)15-8(2)18/h4-7,20H,3H2,1-2H3,(H,15,18)(H,16,19,21). The second kappa shape index (κ2) is 5.66. The van der Waals surface area contributed by atoms with E-state index in [-0.39, 0.29) is 17.4 Å². The number of anilines is 1. The number of aromatic hydroxyl groups is 1. The van der Waals surface area contributed by atoms with Crippen LogP contribution in [0, 0.1) is 0 Å². The van der Waals surface area contributed by atoms with Crippen LogP contribution < -0.4 is 16.6 Å². The highest BCUT2D eigenvalue weighted by atomic mass is 16.3. The van der Waals surface area contributed by atoms with E-state index in [2.05, 4.69) is 10.3 Å². The fraction of sp³-hybridized carbons (Fsp3) is 0.214. The first-order chi connectivity index (χ1) is 9.93. The molecule has 21 heavy (non-hydrogen) atoms. The average molecular weight is 289 g/mol. The number of nitrogens with one attached hydrogen (secondary N) is 2. The Labute approximate surface area is 119 Å². The molecule has 0 spiro atoms. The van der Waals surface area contributed by atoms with Crippen molar-refractivity contribution in [1.82, 2.24) is 9.55 Å². The van der Waals surface area contributed by atoms with Gasteiger partial charge in [0.2, 0.25) is 11.8 Å². The largest absolute Gasteiger partial charge is 0.494 e. The summed E-state index contributed by atoms with van der Waals surface area (Å²) < 4.78 is 1.01. The van der Waals surface area contributed by atoms with E-state index in [1.54, 1.807) is 31.2 Å². The van der Waals surface area contributed by atoms with Gasteiger partial charge < -0.3 is 10.4 Å². The first-order valence-corrected chi connectivity index (χ1v) is 6.39. The number of hydrogen-bond donors (Lipinski definition) is 3. The van der Waals surface area contributed by atoms with Gasteiger partial charge in [0.1, 0.15) is 0 Å². The van der Waals surface area contributed by atoms with Gasteiger partial charge in [-0.15, -0.1) is 0 Å². The molecule has 0 aliphatic rings. The number of aromatic amines is 1. The van der Waals surface area contributed by atoms with Crippen molar-refractivity contribution in [1.29, 1.82) is 0 Å². The summed E-state index contributed by atoms with van der Waals surface area (Å²) in [6.45, 7) is 3.10. The van der Waals surface area contributed by atoms with Crippen molar-refractivity contribution in [2.24, 2.45) is 0 Å². The molecule has 3 N–H and O–H groups in total. The SMILES string of the molecule is CCc1c(O)n(-c2ccc(NC(C)=O)cc2)c(=O)[nH]c1=O. The Morgan fingerprint density at radius 1 is 1.29 bits per heavy atom.